The average Bonchev–Trinajstić information content (AvgIpc) is 2.78. The van der Waals surface area contributed by atoms with Crippen LogP contribution in [0.25, 0.3) is 5.57 Å². The Bertz CT molecular complexity index is 1110. The fourth-order valence-electron chi connectivity index (χ4n) is 3.55. The molecule has 1 atom stereocenters. The Morgan fingerprint density at radius 2 is 2.16 bits per heavy atom. The van der Waals surface area contributed by atoms with E-state index < -0.39 is 23.8 Å². The maximum atomic E-state index is 14.5. The molecule has 168 valence electrons. The normalized spacial score (nSPS) is 18.3. The van der Waals surface area contributed by atoms with Crippen LogP contribution < -0.4 is 15.4 Å². The molecule has 2 aliphatic heterocycles. The molecule has 3 heterocycles. The van der Waals surface area contributed by atoms with Gasteiger partial charge in [-0.1, -0.05) is 13.0 Å². The first kappa shape index (κ1) is 21.8. The van der Waals surface area contributed by atoms with Gasteiger partial charge in [-0.25, -0.2) is 9.37 Å². The predicted octanol–water partition coefficient (Wildman–Crippen LogP) is 2.66. The minimum Gasteiger partial charge on any atom is -0.475 e. The first-order valence-electron chi connectivity index (χ1n) is 10.2. The maximum absolute atomic E-state index is 14.5. The molecule has 0 saturated carbocycles. The summed E-state index contributed by atoms with van der Waals surface area (Å²) in [6.45, 7) is 2.45. The Morgan fingerprint density at radius 1 is 1.34 bits per heavy atom. The van der Waals surface area contributed by atoms with Gasteiger partial charge >= 0.3 is 0 Å². The van der Waals surface area contributed by atoms with E-state index in [1.807, 2.05) is 0 Å². The number of carbonyl (C=O) groups is 2. The van der Waals surface area contributed by atoms with Gasteiger partial charge in [0.2, 0.25) is 5.95 Å². The second-order valence-corrected chi connectivity index (χ2v) is 7.40. The first-order valence-corrected chi connectivity index (χ1v) is 10.2. The molecule has 4 rings (SSSR count). The number of anilines is 1. The fraction of sp³-hybridized carbons (Fsp3) is 0.318. The summed E-state index contributed by atoms with van der Waals surface area (Å²) >= 11 is 0. The zero-order valence-corrected chi connectivity index (χ0v) is 17.6. The summed E-state index contributed by atoms with van der Waals surface area (Å²) in [5, 5.41) is 6.67. The second-order valence-electron chi connectivity index (χ2n) is 7.40. The van der Waals surface area contributed by atoms with Gasteiger partial charge < -0.3 is 15.4 Å². The Labute approximate surface area is 183 Å². The molecule has 2 N–H and O–H groups in total. The van der Waals surface area contributed by atoms with E-state index >= 15 is 0 Å². The van der Waals surface area contributed by atoms with Crippen LogP contribution in [0.15, 0.2) is 30.3 Å². The van der Waals surface area contributed by atoms with E-state index in [4.69, 9.17) is 9.57 Å². The van der Waals surface area contributed by atoms with Gasteiger partial charge in [0.05, 0.1) is 12.3 Å². The second kappa shape index (κ2) is 9.01. The van der Waals surface area contributed by atoms with Crippen LogP contribution in [-0.2, 0) is 16.2 Å². The molecular weight excluding hydrogens is 422 g/mol. The molecule has 2 aromatic rings. The van der Waals surface area contributed by atoms with Crippen molar-refractivity contribution in [2.75, 3.05) is 25.5 Å². The minimum absolute atomic E-state index is 0.0107. The summed E-state index contributed by atoms with van der Waals surface area (Å²) < 4.78 is 34.4. The SMILES string of the molecule is CCC1Oc2c(F)cc(CN3CC=C(c4ccc(C(=O)NC)nc4F)CO3)cc2NC1=O. The molecule has 0 saturated heterocycles. The Morgan fingerprint density at radius 3 is 2.81 bits per heavy atom. The third-order valence-corrected chi connectivity index (χ3v) is 5.24. The number of halogens is 2. The lowest BCUT2D eigenvalue weighted by Gasteiger charge is -2.28. The van der Waals surface area contributed by atoms with Gasteiger partial charge in [0, 0.05) is 25.7 Å². The molecule has 0 bridgehead atoms. The first-order chi connectivity index (χ1) is 15.4. The third kappa shape index (κ3) is 4.32. The monoisotopic (exact) mass is 444 g/mol. The van der Waals surface area contributed by atoms with Crippen LogP contribution >= 0.6 is 0 Å². The van der Waals surface area contributed by atoms with Gasteiger partial charge in [-0.2, -0.15) is 9.45 Å². The topological polar surface area (TPSA) is 92.8 Å². The number of ether oxygens (including phenoxy) is 1. The van der Waals surface area contributed by atoms with Crippen LogP contribution in [0.4, 0.5) is 14.5 Å². The summed E-state index contributed by atoms with van der Waals surface area (Å²) in [5.74, 6) is -2.07. The molecule has 1 aromatic carbocycles. The number of amides is 2. The van der Waals surface area contributed by atoms with Crippen molar-refractivity contribution < 1.29 is 27.9 Å². The molecular formula is C22H22F2N4O4. The molecule has 2 amide bonds. The Kier molecular flexibility index (Phi) is 6.15. The number of hydrogen-bond donors (Lipinski definition) is 2. The van der Waals surface area contributed by atoms with E-state index in [1.54, 1.807) is 24.1 Å². The quantitative estimate of drug-likeness (QED) is 0.689. The van der Waals surface area contributed by atoms with Crippen LogP contribution in [0, 0.1) is 11.8 Å². The van der Waals surface area contributed by atoms with Gasteiger partial charge in [-0.3, -0.25) is 14.4 Å². The zero-order chi connectivity index (χ0) is 22.8. The van der Waals surface area contributed by atoms with Crippen molar-refractivity contribution >= 4 is 23.1 Å². The van der Waals surface area contributed by atoms with Crippen molar-refractivity contribution in [3.8, 4) is 5.75 Å². The molecule has 8 nitrogen and oxygen atoms in total. The number of pyridine rings is 1. The molecule has 1 aromatic heterocycles. The van der Waals surface area contributed by atoms with Crippen LogP contribution in [0.3, 0.4) is 0 Å². The van der Waals surface area contributed by atoms with Crippen molar-refractivity contribution in [1.29, 1.82) is 0 Å². The molecule has 0 fully saturated rings. The lowest BCUT2D eigenvalue weighted by atomic mass is 10.1. The highest BCUT2D eigenvalue weighted by molar-refractivity contribution is 5.97. The fourth-order valence-corrected chi connectivity index (χ4v) is 3.55. The maximum Gasteiger partial charge on any atom is 0.269 e. The molecule has 10 heteroatoms. The highest BCUT2D eigenvalue weighted by atomic mass is 19.1. The highest BCUT2D eigenvalue weighted by Gasteiger charge is 2.29. The van der Waals surface area contributed by atoms with Crippen LogP contribution in [0.5, 0.6) is 5.75 Å². The number of benzene rings is 1. The summed E-state index contributed by atoms with van der Waals surface area (Å²) in [4.78, 5) is 33.0. The van der Waals surface area contributed by atoms with E-state index in [9.17, 15) is 18.4 Å². The number of hydroxylamine groups is 2. The molecule has 0 spiro atoms. The number of aromatic nitrogens is 1. The number of hydrogen-bond acceptors (Lipinski definition) is 6. The lowest BCUT2D eigenvalue weighted by Crippen LogP contribution is -2.37. The number of nitrogens with zero attached hydrogens (tertiary/aromatic N) is 2. The summed E-state index contributed by atoms with van der Waals surface area (Å²) in [7, 11) is 1.44. The molecule has 0 radical (unpaired) electrons. The van der Waals surface area contributed by atoms with Gasteiger partial charge in [-0.15, -0.1) is 0 Å². The summed E-state index contributed by atoms with van der Waals surface area (Å²) in [5.41, 5.74) is 1.70. The van der Waals surface area contributed by atoms with Crippen molar-refractivity contribution in [2.45, 2.75) is 26.0 Å². The average molecular weight is 444 g/mol. The van der Waals surface area contributed by atoms with Crippen molar-refractivity contribution in [2.24, 2.45) is 0 Å². The zero-order valence-electron chi connectivity index (χ0n) is 17.6. The van der Waals surface area contributed by atoms with E-state index in [0.29, 0.717) is 24.1 Å². The van der Waals surface area contributed by atoms with Crippen molar-refractivity contribution in [3.63, 3.8) is 0 Å². The lowest BCUT2D eigenvalue weighted by molar-refractivity contribution is -0.150. The van der Waals surface area contributed by atoms with Gasteiger partial charge in [0.1, 0.15) is 5.69 Å². The predicted molar refractivity (Wildman–Crippen MR) is 112 cm³/mol. The van der Waals surface area contributed by atoms with E-state index in [2.05, 4.69) is 15.6 Å². The van der Waals surface area contributed by atoms with E-state index in [-0.39, 0.29) is 41.8 Å². The largest absolute Gasteiger partial charge is 0.475 e. The van der Waals surface area contributed by atoms with E-state index in [0.717, 1.165) is 0 Å². The molecule has 0 aliphatic carbocycles. The van der Waals surface area contributed by atoms with Crippen LogP contribution in [0.1, 0.15) is 35.0 Å². The molecule has 2 aliphatic rings. The minimum atomic E-state index is -0.757. The number of carbonyl (C=O) groups excluding carboxylic acids is 2. The molecule has 1 unspecified atom stereocenters. The van der Waals surface area contributed by atoms with Gasteiger partial charge in [0.15, 0.2) is 17.7 Å². The smallest absolute Gasteiger partial charge is 0.269 e. The summed E-state index contributed by atoms with van der Waals surface area (Å²) in [6.07, 6.45) is 1.51. The molecule has 32 heavy (non-hydrogen) atoms. The number of nitrogens with one attached hydrogen (secondary N) is 2. The van der Waals surface area contributed by atoms with Crippen molar-refractivity contribution in [1.82, 2.24) is 15.4 Å². The van der Waals surface area contributed by atoms with Gasteiger partial charge in [0.25, 0.3) is 11.8 Å². The standard InChI is InChI=1S/C22H22F2N4O4/c1-3-18-22(30)27-17-9-12(8-15(23)19(17)32-18)10-28-7-6-13(11-31-28)14-4-5-16(21(29)25-2)26-20(14)24/h4-6,8-9,18H,3,7,10-11H2,1-2H3,(H,25,29)(H,27,30). The van der Waals surface area contributed by atoms with Crippen LogP contribution in [-0.4, -0.2) is 48.2 Å². The number of rotatable bonds is 5. The Hall–Kier alpha value is -3.37. The van der Waals surface area contributed by atoms with Crippen molar-refractivity contribution in [3.05, 3.63) is 58.9 Å². The third-order valence-electron chi connectivity index (χ3n) is 5.24. The summed E-state index contributed by atoms with van der Waals surface area (Å²) in [6, 6.07) is 5.92. The highest BCUT2D eigenvalue weighted by Crippen LogP contribution is 2.35. The van der Waals surface area contributed by atoms with Gasteiger partial charge in [-0.05, 0) is 41.8 Å². The van der Waals surface area contributed by atoms with E-state index in [1.165, 1.54) is 25.2 Å². The number of fused-ring (bicyclic) bond motifs is 1. The van der Waals surface area contributed by atoms with Crippen LogP contribution in [0.2, 0.25) is 0 Å². The Balaban J connectivity index is 1.45.